The van der Waals surface area contributed by atoms with Crippen LogP contribution >= 0.6 is 0 Å². The molecule has 0 heterocycles. The van der Waals surface area contributed by atoms with Crippen LogP contribution in [-0.2, 0) is 10.0 Å². The lowest BCUT2D eigenvalue weighted by atomic mass is 10.1. The van der Waals surface area contributed by atoms with Crippen molar-refractivity contribution in [2.75, 3.05) is 12.3 Å². The SMILES string of the molecule is CCC(C)(O)CNS(=O)(=O)c1ccc(O)c(N)c1. The van der Waals surface area contributed by atoms with Gasteiger partial charge in [0, 0.05) is 6.54 Å². The molecule has 0 aromatic heterocycles. The highest BCUT2D eigenvalue weighted by Gasteiger charge is 2.22. The fourth-order valence-electron chi connectivity index (χ4n) is 1.16. The predicted octanol–water partition coefficient (Wildman–Crippen LogP) is 0.414. The average Bonchev–Trinajstić information content (AvgIpc) is 2.30. The Labute approximate surface area is 106 Å². The lowest BCUT2D eigenvalue weighted by molar-refractivity contribution is 0.0613. The molecular weight excluding hydrogens is 256 g/mol. The maximum Gasteiger partial charge on any atom is 0.240 e. The third-order valence-corrected chi connectivity index (χ3v) is 4.11. The molecule has 0 spiro atoms. The van der Waals surface area contributed by atoms with E-state index in [1.807, 2.05) is 0 Å². The molecule has 0 saturated carbocycles. The monoisotopic (exact) mass is 274 g/mol. The topological polar surface area (TPSA) is 113 Å². The first-order valence-electron chi connectivity index (χ1n) is 5.48. The number of hydrogen-bond acceptors (Lipinski definition) is 5. The van der Waals surface area contributed by atoms with Crippen LogP contribution in [0, 0.1) is 0 Å². The van der Waals surface area contributed by atoms with Crippen molar-refractivity contribution in [1.82, 2.24) is 4.72 Å². The van der Waals surface area contributed by atoms with E-state index >= 15 is 0 Å². The summed E-state index contributed by atoms with van der Waals surface area (Å²) < 4.78 is 26.1. The van der Waals surface area contributed by atoms with Gasteiger partial charge in [-0.15, -0.1) is 0 Å². The molecule has 0 fully saturated rings. The van der Waals surface area contributed by atoms with Gasteiger partial charge in [0.15, 0.2) is 0 Å². The molecule has 0 aliphatic rings. The highest BCUT2D eigenvalue weighted by atomic mass is 32.2. The molecule has 6 nitrogen and oxygen atoms in total. The Morgan fingerprint density at radius 1 is 1.44 bits per heavy atom. The quantitative estimate of drug-likeness (QED) is 0.459. The predicted molar refractivity (Wildman–Crippen MR) is 68.6 cm³/mol. The summed E-state index contributed by atoms with van der Waals surface area (Å²) >= 11 is 0. The van der Waals surface area contributed by atoms with Gasteiger partial charge in [-0.1, -0.05) is 6.92 Å². The van der Waals surface area contributed by atoms with Crippen LogP contribution in [0.25, 0.3) is 0 Å². The number of aromatic hydroxyl groups is 1. The number of phenolic OH excluding ortho intramolecular Hbond substituents is 1. The Kier molecular flexibility index (Phi) is 4.20. The number of nitrogens with one attached hydrogen (secondary N) is 1. The van der Waals surface area contributed by atoms with Crippen LogP contribution in [0.2, 0.25) is 0 Å². The minimum absolute atomic E-state index is 0.0138. The molecule has 7 heteroatoms. The van der Waals surface area contributed by atoms with E-state index in [2.05, 4.69) is 4.72 Å². The summed E-state index contributed by atoms with van der Waals surface area (Å²) in [5, 5.41) is 19.0. The molecule has 1 aromatic carbocycles. The first-order valence-corrected chi connectivity index (χ1v) is 6.97. The van der Waals surface area contributed by atoms with Crippen molar-refractivity contribution < 1.29 is 18.6 Å². The summed E-state index contributed by atoms with van der Waals surface area (Å²) in [6.45, 7) is 3.21. The van der Waals surface area contributed by atoms with Crippen molar-refractivity contribution in [2.45, 2.75) is 30.8 Å². The Balaban J connectivity index is 2.90. The zero-order chi connectivity index (χ0) is 14.0. The van der Waals surface area contributed by atoms with Gasteiger partial charge < -0.3 is 15.9 Å². The number of hydrogen-bond donors (Lipinski definition) is 4. The van der Waals surface area contributed by atoms with Crippen LogP contribution in [0.15, 0.2) is 23.1 Å². The van der Waals surface area contributed by atoms with Gasteiger partial charge in [-0.2, -0.15) is 0 Å². The van der Waals surface area contributed by atoms with E-state index < -0.39 is 15.6 Å². The second kappa shape index (κ2) is 5.13. The van der Waals surface area contributed by atoms with Crippen molar-refractivity contribution in [3.63, 3.8) is 0 Å². The third kappa shape index (κ3) is 3.59. The second-order valence-electron chi connectivity index (χ2n) is 4.40. The zero-order valence-electron chi connectivity index (χ0n) is 10.3. The molecule has 1 rings (SSSR count). The van der Waals surface area contributed by atoms with Crippen LogP contribution in [-0.4, -0.2) is 30.8 Å². The molecule has 0 aliphatic heterocycles. The summed E-state index contributed by atoms with van der Waals surface area (Å²) in [6.07, 6.45) is 0.424. The van der Waals surface area contributed by atoms with E-state index in [9.17, 15) is 18.6 Å². The number of rotatable bonds is 5. The van der Waals surface area contributed by atoms with E-state index in [1.165, 1.54) is 18.2 Å². The Morgan fingerprint density at radius 2 is 2.06 bits per heavy atom. The van der Waals surface area contributed by atoms with E-state index in [-0.39, 0.29) is 22.9 Å². The van der Waals surface area contributed by atoms with E-state index in [1.54, 1.807) is 13.8 Å². The van der Waals surface area contributed by atoms with Gasteiger partial charge in [-0.05, 0) is 31.5 Å². The van der Waals surface area contributed by atoms with Gasteiger partial charge in [0.05, 0.1) is 16.2 Å². The number of nitrogen functional groups attached to an aromatic ring is 1. The number of phenols is 1. The smallest absolute Gasteiger partial charge is 0.240 e. The Bertz CT molecular complexity index is 526. The molecule has 5 N–H and O–H groups in total. The number of anilines is 1. The van der Waals surface area contributed by atoms with Gasteiger partial charge in [0.25, 0.3) is 0 Å². The molecule has 1 aromatic rings. The van der Waals surface area contributed by atoms with Gasteiger partial charge in [-0.3, -0.25) is 0 Å². The number of sulfonamides is 1. The molecule has 102 valence electrons. The minimum Gasteiger partial charge on any atom is -0.506 e. The van der Waals surface area contributed by atoms with Crippen LogP contribution in [0.5, 0.6) is 5.75 Å². The van der Waals surface area contributed by atoms with Crippen LogP contribution in [0.4, 0.5) is 5.69 Å². The number of nitrogens with two attached hydrogens (primary N) is 1. The first-order chi connectivity index (χ1) is 8.18. The van der Waals surface area contributed by atoms with E-state index in [4.69, 9.17) is 5.73 Å². The first kappa shape index (κ1) is 14.7. The van der Waals surface area contributed by atoms with Gasteiger partial charge in [0.1, 0.15) is 5.75 Å². The summed E-state index contributed by atoms with van der Waals surface area (Å²) in [7, 11) is -3.74. The molecule has 0 aliphatic carbocycles. The molecule has 0 saturated heterocycles. The largest absolute Gasteiger partial charge is 0.506 e. The molecular formula is C11H18N2O4S. The third-order valence-electron chi connectivity index (χ3n) is 2.71. The minimum atomic E-state index is -3.74. The number of aliphatic hydroxyl groups is 1. The van der Waals surface area contributed by atoms with Crippen molar-refractivity contribution in [1.29, 1.82) is 0 Å². The van der Waals surface area contributed by atoms with Crippen LogP contribution in [0.1, 0.15) is 20.3 Å². The molecule has 0 amide bonds. The Morgan fingerprint density at radius 3 is 2.56 bits per heavy atom. The van der Waals surface area contributed by atoms with Crippen molar-refractivity contribution >= 4 is 15.7 Å². The molecule has 0 bridgehead atoms. The highest BCUT2D eigenvalue weighted by molar-refractivity contribution is 7.89. The molecule has 18 heavy (non-hydrogen) atoms. The maximum absolute atomic E-state index is 11.9. The molecule has 1 atom stereocenters. The lowest BCUT2D eigenvalue weighted by Gasteiger charge is -2.21. The van der Waals surface area contributed by atoms with Gasteiger partial charge in [0.2, 0.25) is 10.0 Å². The Hall–Kier alpha value is -1.31. The van der Waals surface area contributed by atoms with E-state index in [0.29, 0.717) is 6.42 Å². The van der Waals surface area contributed by atoms with Crippen molar-refractivity contribution in [2.24, 2.45) is 0 Å². The van der Waals surface area contributed by atoms with Gasteiger partial charge >= 0.3 is 0 Å². The second-order valence-corrected chi connectivity index (χ2v) is 6.16. The van der Waals surface area contributed by atoms with E-state index in [0.717, 1.165) is 0 Å². The van der Waals surface area contributed by atoms with Crippen LogP contribution < -0.4 is 10.5 Å². The summed E-state index contributed by atoms with van der Waals surface area (Å²) in [6, 6.07) is 3.62. The fraction of sp³-hybridized carbons (Fsp3) is 0.455. The standard InChI is InChI=1S/C11H18N2O4S/c1-3-11(2,15)7-13-18(16,17)8-4-5-10(14)9(12)6-8/h4-6,13-15H,3,7,12H2,1-2H3. The average molecular weight is 274 g/mol. The summed E-state index contributed by atoms with van der Waals surface area (Å²) in [5.41, 5.74) is 4.32. The molecule has 0 radical (unpaired) electrons. The number of benzene rings is 1. The van der Waals surface area contributed by atoms with Crippen molar-refractivity contribution in [3.8, 4) is 5.75 Å². The molecule has 1 unspecified atom stereocenters. The van der Waals surface area contributed by atoms with Crippen LogP contribution in [0.3, 0.4) is 0 Å². The van der Waals surface area contributed by atoms with Gasteiger partial charge in [-0.25, -0.2) is 13.1 Å². The van der Waals surface area contributed by atoms with Crippen molar-refractivity contribution in [3.05, 3.63) is 18.2 Å². The highest BCUT2D eigenvalue weighted by Crippen LogP contribution is 2.23. The summed E-state index contributed by atoms with van der Waals surface area (Å²) in [4.78, 5) is -0.0512. The maximum atomic E-state index is 11.9. The lowest BCUT2D eigenvalue weighted by Crippen LogP contribution is -2.40. The summed E-state index contributed by atoms with van der Waals surface area (Å²) in [5.74, 6) is -0.172. The normalized spacial score (nSPS) is 15.3. The zero-order valence-corrected chi connectivity index (χ0v) is 11.2. The fourth-order valence-corrected chi connectivity index (χ4v) is 2.36.